The van der Waals surface area contributed by atoms with E-state index in [0.29, 0.717) is 0 Å². The standard InChI is InChI=1S/C37H21N3S.Mn/c1-2-11-29-25(9-1)26-19-17-24(22-31(26)36(29)37-30-12-4-6-15-35(30)41-39-37)40-33-14-5-3-10-27(33)28-18-16-23(21-34(28)40)32-13-7-8-20-38-32;/h1-20,36H;/q-2;+2. The molecule has 1 unspecified atom stereocenters. The molecule has 42 heavy (non-hydrogen) atoms. The molecular weight excluding hydrogens is 573 g/mol. The van der Waals surface area contributed by atoms with Crippen LogP contribution in [0.3, 0.4) is 0 Å². The topological polar surface area (TPSA) is 30.7 Å². The Labute approximate surface area is 257 Å². The number of hydrogen-bond donors (Lipinski definition) is 0. The molecule has 0 saturated carbocycles. The van der Waals surface area contributed by atoms with Gasteiger partial charge in [0.05, 0.1) is 10.4 Å². The van der Waals surface area contributed by atoms with E-state index in [9.17, 15) is 0 Å². The van der Waals surface area contributed by atoms with Gasteiger partial charge in [0.1, 0.15) is 0 Å². The van der Waals surface area contributed by atoms with Crippen molar-refractivity contribution >= 4 is 43.4 Å². The Morgan fingerprint density at radius 3 is 2.38 bits per heavy atom. The molecule has 0 N–H and O–H groups in total. The van der Waals surface area contributed by atoms with Crippen LogP contribution < -0.4 is 0 Å². The summed E-state index contributed by atoms with van der Waals surface area (Å²) in [7, 11) is 0. The molecule has 0 fully saturated rings. The fourth-order valence-electron chi connectivity index (χ4n) is 6.45. The molecule has 0 saturated heterocycles. The normalized spacial score (nSPS) is 13.8. The third-order valence-electron chi connectivity index (χ3n) is 8.26. The van der Waals surface area contributed by atoms with Crippen molar-refractivity contribution in [3.8, 4) is 28.1 Å². The van der Waals surface area contributed by atoms with Crippen LogP contribution in [0.15, 0.2) is 121 Å². The summed E-state index contributed by atoms with van der Waals surface area (Å²) in [6, 6.07) is 48.3. The number of para-hydroxylation sites is 1. The van der Waals surface area contributed by atoms with E-state index in [4.69, 9.17) is 4.37 Å². The van der Waals surface area contributed by atoms with Gasteiger partial charge in [-0.25, -0.2) is 0 Å². The molecule has 0 spiro atoms. The Morgan fingerprint density at radius 1 is 0.667 bits per heavy atom. The van der Waals surface area contributed by atoms with Crippen molar-refractivity contribution < 1.29 is 17.1 Å². The van der Waals surface area contributed by atoms with Gasteiger partial charge in [0.25, 0.3) is 0 Å². The summed E-state index contributed by atoms with van der Waals surface area (Å²) in [5.74, 6) is 0.0263. The second kappa shape index (κ2) is 9.78. The zero-order valence-electron chi connectivity index (χ0n) is 22.3. The van der Waals surface area contributed by atoms with E-state index in [1.54, 1.807) is 11.5 Å². The van der Waals surface area contributed by atoms with Crippen LogP contribution in [0.2, 0.25) is 0 Å². The van der Waals surface area contributed by atoms with E-state index < -0.39 is 0 Å². The molecule has 5 aromatic carbocycles. The SMILES string of the molecule is [Mn+2].[c-]1c(-n2c3[c-]c(-c4ccccn4)ccc3c3ccccc32)ccc2c1C(c1nsc3ccccc13)c1ccccc1-2. The van der Waals surface area contributed by atoms with Crippen LogP contribution in [0.4, 0.5) is 0 Å². The maximum absolute atomic E-state index is 5.01. The molecule has 1 aliphatic carbocycles. The van der Waals surface area contributed by atoms with Gasteiger partial charge in [-0.1, -0.05) is 89.4 Å². The summed E-state index contributed by atoms with van der Waals surface area (Å²) < 4.78 is 8.53. The molecule has 3 nitrogen and oxygen atoms in total. The number of nitrogens with zero attached hydrogens (tertiary/aromatic N) is 3. The quantitative estimate of drug-likeness (QED) is 0.151. The van der Waals surface area contributed by atoms with Gasteiger partial charge < -0.3 is 9.55 Å². The molecule has 5 heteroatoms. The molecule has 1 radical (unpaired) electrons. The van der Waals surface area contributed by atoms with Crippen LogP contribution in [-0.2, 0) is 17.1 Å². The first-order valence-electron chi connectivity index (χ1n) is 13.7. The third kappa shape index (κ3) is 3.65. The smallest absolute Gasteiger partial charge is 0.352 e. The molecular formula is C37H21MnN3S. The van der Waals surface area contributed by atoms with Crippen molar-refractivity contribution in [3.63, 3.8) is 0 Å². The molecule has 0 aliphatic heterocycles. The molecule has 1 aliphatic rings. The van der Waals surface area contributed by atoms with Crippen molar-refractivity contribution in [1.82, 2.24) is 13.9 Å². The van der Waals surface area contributed by atoms with E-state index in [0.717, 1.165) is 33.7 Å². The van der Waals surface area contributed by atoms with Crippen LogP contribution in [0.25, 0.3) is 60.0 Å². The van der Waals surface area contributed by atoms with Crippen molar-refractivity contribution in [2.75, 3.05) is 0 Å². The van der Waals surface area contributed by atoms with Gasteiger partial charge in [-0.3, -0.25) is 0 Å². The van der Waals surface area contributed by atoms with Gasteiger partial charge in [0.2, 0.25) is 0 Å². The van der Waals surface area contributed by atoms with Crippen molar-refractivity contribution in [3.05, 3.63) is 150 Å². The summed E-state index contributed by atoms with van der Waals surface area (Å²) in [5.41, 5.74) is 11.1. The van der Waals surface area contributed by atoms with Crippen LogP contribution in [-0.4, -0.2) is 13.9 Å². The molecule has 0 bridgehead atoms. The first-order chi connectivity index (χ1) is 20.3. The predicted octanol–water partition coefficient (Wildman–Crippen LogP) is 9.21. The van der Waals surface area contributed by atoms with E-state index in [-0.39, 0.29) is 23.0 Å². The van der Waals surface area contributed by atoms with Crippen LogP contribution in [0.1, 0.15) is 22.7 Å². The fraction of sp³-hybridized carbons (Fsp3) is 0.0270. The number of benzene rings is 5. The number of hydrogen-bond acceptors (Lipinski definition) is 3. The summed E-state index contributed by atoms with van der Waals surface area (Å²) in [4.78, 5) is 4.59. The fourth-order valence-corrected chi connectivity index (χ4v) is 7.26. The van der Waals surface area contributed by atoms with Gasteiger partial charge in [-0.15, -0.1) is 41.0 Å². The van der Waals surface area contributed by atoms with E-state index in [1.165, 1.54) is 43.1 Å². The molecule has 3 aromatic heterocycles. The summed E-state index contributed by atoms with van der Waals surface area (Å²) in [5, 5.41) is 3.58. The van der Waals surface area contributed by atoms with Crippen LogP contribution in [0.5, 0.6) is 0 Å². The maximum Gasteiger partial charge on any atom is 2.00 e. The maximum atomic E-state index is 5.01. The largest absolute Gasteiger partial charge is 2.00 e. The molecule has 9 rings (SSSR count). The Bertz CT molecular complexity index is 2280. The van der Waals surface area contributed by atoms with Crippen molar-refractivity contribution in [2.45, 2.75) is 5.92 Å². The molecule has 3 heterocycles. The molecule has 197 valence electrons. The van der Waals surface area contributed by atoms with E-state index in [2.05, 4.69) is 119 Å². The minimum Gasteiger partial charge on any atom is -0.352 e. The van der Waals surface area contributed by atoms with E-state index >= 15 is 0 Å². The Kier molecular flexibility index (Phi) is 5.87. The van der Waals surface area contributed by atoms with Crippen molar-refractivity contribution in [2.24, 2.45) is 0 Å². The predicted molar refractivity (Wildman–Crippen MR) is 168 cm³/mol. The zero-order chi connectivity index (χ0) is 26.9. The molecule has 8 aromatic rings. The average molecular weight is 595 g/mol. The number of fused-ring (bicyclic) bond motifs is 7. The molecule has 0 amide bonds. The monoisotopic (exact) mass is 594 g/mol. The summed E-state index contributed by atoms with van der Waals surface area (Å²) in [6.45, 7) is 0. The van der Waals surface area contributed by atoms with Gasteiger partial charge in [0, 0.05) is 23.0 Å². The Hall–Kier alpha value is -4.54. The minimum absolute atomic E-state index is 0. The number of pyridine rings is 1. The van der Waals surface area contributed by atoms with Crippen LogP contribution >= 0.6 is 11.5 Å². The van der Waals surface area contributed by atoms with Crippen LogP contribution in [0, 0.1) is 12.1 Å². The van der Waals surface area contributed by atoms with Gasteiger partial charge in [0.15, 0.2) is 0 Å². The minimum atomic E-state index is 0. The Balaban J connectivity index is 0.00000267. The number of rotatable bonds is 3. The third-order valence-corrected chi connectivity index (χ3v) is 9.10. The Morgan fingerprint density at radius 2 is 1.48 bits per heavy atom. The first kappa shape index (κ1) is 25.2. The average Bonchev–Trinajstić information content (AvgIpc) is 3.70. The van der Waals surface area contributed by atoms with Gasteiger partial charge in [-0.2, -0.15) is 16.5 Å². The molecule has 1 atom stereocenters. The van der Waals surface area contributed by atoms with Crippen molar-refractivity contribution in [1.29, 1.82) is 0 Å². The first-order valence-corrected chi connectivity index (χ1v) is 14.5. The van der Waals surface area contributed by atoms with Gasteiger partial charge >= 0.3 is 17.1 Å². The van der Waals surface area contributed by atoms with E-state index in [1.807, 2.05) is 24.4 Å². The van der Waals surface area contributed by atoms with Gasteiger partial charge in [-0.05, 0) is 51.9 Å². The second-order valence-corrected chi connectivity index (χ2v) is 11.3. The zero-order valence-corrected chi connectivity index (χ0v) is 24.2. The number of aromatic nitrogens is 3. The summed E-state index contributed by atoms with van der Waals surface area (Å²) >= 11 is 1.58. The summed E-state index contributed by atoms with van der Waals surface area (Å²) in [6.07, 6.45) is 1.83. The second-order valence-electron chi connectivity index (χ2n) is 10.5.